The fraction of sp³-hybridized carbons (Fsp3) is 0.545. The van der Waals surface area contributed by atoms with Crippen LogP contribution in [-0.4, -0.2) is 79.3 Å². The van der Waals surface area contributed by atoms with Crippen molar-refractivity contribution in [3.63, 3.8) is 0 Å². The van der Waals surface area contributed by atoms with Gasteiger partial charge in [0.1, 0.15) is 0 Å². The summed E-state index contributed by atoms with van der Waals surface area (Å²) >= 11 is 0. The Labute approximate surface area is 164 Å². The summed E-state index contributed by atoms with van der Waals surface area (Å²) < 4.78 is 7.88. The number of hydrogen-bond donors (Lipinski definition) is 0. The molecule has 1 saturated heterocycles. The zero-order valence-corrected chi connectivity index (χ0v) is 16.9. The summed E-state index contributed by atoms with van der Waals surface area (Å²) in [5, 5.41) is 0. The van der Waals surface area contributed by atoms with Crippen LogP contribution in [0.3, 0.4) is 0 Å². The number of benzene rings is 1. The molecule has 5 nitrogen and oxygen atoms in total. The minimum Gasteiger partial charge on any atom is -0.379 e. The summed E-state index contributed by atoms with van der Waals surface area (Å²) in [6.07, 6.45) is 2.22. The Morgan fingerprint density at radius 1 is 0.889 bits per heavy atom. The van der Waals surface area contributed by atoms with Gasteiger partial charge >= 0.3 is 0 Å². The number of aromatic nitrogens is 1. The fourth-order valence-electron chi connectivity index (χ4n) is 3.51. The number of morpholine rings is 1. The van der Waals surface area contributed by atoms with Crippen LogP contribution in [0.25, 0.3) is 0 Å². The Bertz CT molecular complexity index is 649. The van der Waals surface area contributed by atoms with Crippen LogP contribution in [0, 0.1) is 0 Å². The molecule has 2 aromatic rings. The van der Waals surface area contributed by atoms with Gasteiger partial charge in [-0.2, -0.15) is 0 Å². The van der Waals surface area contributed by atoms with Gasteiger partial charge in [-0.25, -0.2) is 0 Å². The predicted octanol–water partition coefficient (Wildman–Crippen LogP) is 2.38. The first-order valence-electron chi connectivity index (χ1n) is 10.1. The Morgan fingerprint density at radius 3 is 2.41 bits per heavy atom. The molecule has 0 N–H and O–H groups in total. The van der Waals surface area contributed by atoms with E-state index in [0.29, 0.717) is 0 Å². The van der Waals surface area contributed by atoms with Gasteiger partial charge in [-0.15, -0.1) is 0 Å². The number of nitrogens with zero attached hydrogens (tertiary/aromatic N) is 4. The molecule has 3 rings (SSSR count). The van der Waals surface area contributed by atoms with E-state index in [-0.39, 0.29) is 0 Å². The van der Waals surface area contributed by atoms with Gasteiger partial charge in [-0.3, -0.25) is 9.80 Å². The van der Waals surface area contributed by atoms with Crippen LogP contribution in [0.5, 0.6) is 0 Å². The lowest BCUT2D eigenvalue weighted by Gasteiger charge is -2.28. The summed E-state index contributed by atoms with van der Waals surface area (Å²) in [5.74, 6) is 0. The van der Waals surface area contributed by atoms with Crippen molar-refractivity contribution >= 4 is 0 Å². The van der Waals surface area contributed by atoms with Crippen molar-refractivity contribution in [2.24, 2.45) is 0 Å². The first kappa shape index (κ1) is 20.1. The molecule has 0 spiro atoms. The van der Waals surface area contributed by atoms with Gasteiger partial charge in [0.25, 0.3) is 0 Å². The van der Waals surface area contributed by atoms with E-state index in [1.807, 2.05) is 0 Å². The van der Waals surface area contributed by atoms with E-state index in [1.54, 1.807) is 0 Å². The van der Waals surface area contributed by atoms with Gasteiger partial charge in [0, 0.05) is 64.2 Å². The molecule has 0 aliphatic carbocycles. The highest BCUT2D eigenvalue weighted by molar-refractivity contribution is 5.15. The van der Waals surface area contributed by atoms with Crippen LogP contribution in [0.15, 0.2) is 48.7 Å². The number of rotatable bonds is 10. The highest BCUT2D eigenvalue weighted by atomic mass is 16.5. The van der Waals surface area contributed by atoms with Crippen molar-refractivity contribution in [3.05, 3.63) is 59.9 Å². The Balaban J connectivity index is 1.59. The van der Waals surface area contributed by atoms with Gasteiger partial charge < -0.3 is 14.2 Å². The first-order valence-corrected chi connectivity index (χ1v) is 10.1. The molecule has 2 heterocycles. The van der Waals surface area contributed by atoms with E-state index in [1.165, 1.54) is 11.3 Å². The molecule has 1 aromatic heterocycles. The summed E-state index contributed by atoms with van der Waals surface area (Å²) in [5.41, 5.74) is 2.78. The molecule has 0 amide bonds. The van der Waals surface area contributed by atoms with Crippen LogP contribution >= 0.6 is 0 Å². The zero-order valence-electron chi connectivity index (χ0n) is 16.9. The van der Waals surface area contributed by atoms with Gasteiger partial charge in [0.15, 0.2) is 0 Å². The molecule has 0 bridgehead atoms. The smallest absolute Gasteiger partial charge is 0.0594 e. The lowest BCUT2D eigenvalue weighted by Crippen LogP contribution is -2.38. The zero-order chi connectivity index (χ0) is 18.9. The van der Waals surface area contributed by atoms with Crippen LogP contribution in [0.4, 0.5) is 0 Å². The average molecular weight is 371 g/mol. The third kappa shape index (κ3) is 6.78. The normalized spacial score (nSPS) is 15.7. The summed E-state index contributed by atoms with van der Waals surface area (Å²) in [4.78, 5) is 7.31. The molecule has 0 unspecified atom stereocenters. The van der Waals surface area contributed by atoms with E-state index in [2.05, 4.69) is 82.0 Å². The van der Waals surface area contributed by atoms with Gasteiger partial charge in [-0.05, 0) is 31.8 Å². The highest BCUT2D eigenvalue weighted by Crippen LogP contribution is 2.12. The van der Waals surface area contributed by atoms with Crippen LogP contribution in [0.1, 0.15) is 11.3 Å². The second-order valence-electron chi connectivity index (χ2n) is 7.65. The molecule has 5 heteroatoms. The quantitative estimate of drug-likeness (QED) is 0.641. The number of ether oxygens (including phenoxy) is 1. The van der Waals surface area contributed by atoms with E-state index < -0.39 is 0 Å². The molecule has 148 valence electrons. The standard InChI is InChI=1S/C22H34N4O/c1-23(2)11-12-25(19-21-7-4-3-5-8-21)20-22-9-6-10-26(22)14-13-24-15-17-27-18-16-24/h3-10H,11-20H2,1-2H3. The molecule has 0 radical (unpaired) electrons. The van der Waals surface area contributed by atoms with Crippen molar-refractivity contribution in [2.75, 3.05) is 60.0 Å². The monoisotopic (exact) mass is 370 g/mol. The van der Waals surface area contributed by atoms with E-state index in [9.17, 15) is 0 Å². The maximum absolute atomic E-state index is 5.46. The van der Waals surface area contributed by atoms with Crippen LogP contribution in [-0.2, 0) is 24.4 Å². The highest BCUT2D eigenvalue weighted by Gasteiger charge is 2.13. The Kier molecular flexibility index (Phi) is 7.90. The molecule has 27 heavy (non-hydrogen) atoms. The van der Waals surface area contributed by atoms with Crippen molar-refractivity contribution in [3.8, 4) is 0 Å². The lowest BCUT2D eigenvalue weighted by molar-refractivity contribution is 0.0362. The molecule has 1 aliphatic rings. The largest absolute Gasteiger partial charge is 0.379 e. The first-order chi connectivity index (χ1) is 13.2. The molecule has 0 atom stereocenters. The predicted molar refractivity (Wildman–Crippen MR) is 111 cm³/mol. The molecule has 1 aromatic carbocycles. The molecule has 1 fully saturated rings. The van der Waals surface area contributed by atoms with Gasteiger partial charge in [0.05, 0.1) is 13.2 Å². The molecular formula is C22H34N4O. The summed E-state index contributed by atoms with van der Waals surface area (Å²) in [7, 11) is 4.29. The fourth-order valence-corrected chi connectivity index (χ4v) is 3.51. The minimum atomic E-state index is 0.869. The minimum absolute atomic E-state index is 0.869. The average Bonchev–Trinajstić information content (AvgIpc) is 3.13. The Hall–Kier alpha value is -1.66. The molecular weight excluding hydrogens is 336 g/mol. The molecule has 1 aliphatic heterocycles. The summed E-state index contributed by atoms with van der Waals surface area (Å²) in [6.45, 7) is 10.1. The van der Waals surface area contributed by atoms with Crippen molar-refractivity contribution in [1.29, 1.82) is 0 Å². The van der Waals surface area contributed by atoms with Crippen molar-refractivity contribution in [2.45, 2.75) is 19.6 Å². The third-order valence-electron chi connectivity index (χ3n) is 5.18. The van der Waals surface area contributed by atoms with E-state index >= 15 is 0 Å². The third-order valence-corrected chi connectivity index (χ3v) is 5.18. The second-order valence-corrected chi connectivity index (χ2v) is 7.65. The molecule has 0 saturated carbocycles. The van der Waals surface area contributed by atoms with Gasteiger partial charge in [0.2, 0.25) is 0 Å². The van der Waals surface area contributed by atoms with Crippen LogP contribution in [0.2, 0.25) is 0 Å². The van der Waals surface area contributed by atoms with E-state index in [4.69, 9.17) is 4.74 Å². The topological polar surface area (TPSA) is 23.9 Å². The maximum atomic E-state index is 5.46. The second kappa shape index (κ2) is 10.6. The lowest BCUT2D eigenvalue weighted by atomic mass is 10.2. The van der Waals surface area contributed by atoms with Crippen molar-refractivity contribution < 1.29 is 4.74 Å². The number of likely N-dealkylation sites (N-methyl/N-ethyl adjacent to an activating group) is 1. The summed E-state index contributed by atoms with van der Waals surface area (Å²) in [6, 6.07) is 15.2. The maximum Gasteiger partial charge on any atom is 0.0594 e. The number of hydrogen-bond acceptors (Lipinski definition) is 4. The van der Waals surface area contributed by atoms with Crippen LogP contribution < -0.4 is 0 Å². The SMILES string of the molecule is CN(C)CCN(Cc1ccccc1)Cc1cccn1CCN1CCOCC1. The van der Waals surface area contributed by atoms with Gasteiger partial charge in [-0.1, -0.05) is 30.3 Å². The Morgan fingerprint density at radius 2 is 1.67 bits per heavy atom. The van der Waals surface area contributed by atoms with Crippen molar-refractivity contribution in [1.82, 2.24) is 19.3 Å². The van der Waals surface area contributed by atoms with E-state index in [0.717, 1.165) is 65.6 Å².